The molecule has 0 aliphatic heterocycles. The normalized spacial score (nSPS) is 22.8. The zero-order chi connectivity index (χ0) is 14.8. The summed E-state index contributed by atoms with van der Waals surface area (Å²) in [4.78, 5) is 11.7. The molecule has 1 fully saturated rings. The average Bonchev–Trinajstić information content (AvgIpc) is 2.47. The van der Waals surface area contributed by atoms with Crippen LogP contribution < -0.4 is 0 Å². The largest absolute Gasteiger partial charge is 0.300 e. The number of nitrogens with zero attached hydrogens (tertiary/aromatic N) is 1. The fourth-order valence-electron chi connectivity index (χ4n) is 2.71. The number of nitriles is 1. The first-order valence-electron chi connectivity index (χ1n) is 6.64. The standard InChI is InChI=1S/C15H17NO3S/c1-15(11-16,12-6-5-7-13(17)10-12)20(18,19)14-8-3-2-4-9-14/h2-4,8-9,12H,5-7,10H2,1H3/t12-,15-/m0/s1. The number of rotatable bonds is 3. The smallest absolute Gasteiger partial charge is 0.197 e. The van der Waals surface area contributed by atoms with E-state index in [1.807, 2.05) is 6.07 Å². The van der Waals surface area contributed by atoms with Crippen molar-refractivity contribution in [3.63, 3.8) is 0 Å². The summed E-state index contributed by atoms with van der Waals surface area (Å²) in [7, 11) is -3.79. The van der Waals surface area contributed by atoms with Gasteiger partial charge in [0.05, 0.1) is 11.0 Å². The summed E-state index contributed by atoms with van der Waals surface area (Å²) in [6.07, 6.45) is 1.92. The number of carbonyl (C=O) groups excluding carboxylic acids is 1. The van der Waals surface area contributed by atoms with Crippen LogP contribution in [0, 0.1) is 17.2 Å². The molecule has 106 valence electrons. The first-order chi connectivity index (χ1) is 9.41. The van der Waals surface area contributed by atoms with Crippen molar-refractivity contribution in [3.05, 3.63) is 30.3 Å². The summed E-state index contributed by atoms with van der Waals surface area (Å²) in [5, 5.41) is 9.48. The SMILES string of the molecule is C[C@](C#N)([C@H]1CCCC(=O)C1)S(=O)(=O)c1ccccc1. The highest BCUT2D eigenvalue weighted by Crippen LogP contribution is 2.39. The molecule has 4 nitrogen and oxygen atoms in total. The predicted octanol–water partition coefficient (Wildman–Crippen LogP) is 2.50. The number of benzene rings is 1. The lowest BCUT2D eigenvalue weighted by Gasteiger charge is -2.33. The maximum absolute atomic E-state index is 12.8. The fourth-order valence-corrected chi connectivity index (χ4v) is 4.48. The zero-order valence-corrected chi connectivity index (χ0v) is 12.2. The second kappa shape index (κ2) is 5.37. The van der Waals surface area contributed by atoms with E-state index in [9.17, 15) is 18.5 Å². The summed E-state index contributed by atoms with van der Waals surface area (Å²) in [5.41, 5.74) is 0. The van der Waals surface area contributed by atoms with Crippen molar-refractivity contribution in [1.29, 1.82) is 5.26 Å². The van der Waals surface area contributed by atoms with Crippen molar-refractivity contribution in [3.8, 4) is 6.07 Å². The average molecular weight is 291 g/mol. The van der Waals surface area contributed by atoms with E-state index in [1.54, 1.807) is 18.2 Å². The molecule has 5 heteroatoms. The predicted molar refractivity (Wildman–Crippen MR) is 74.6 cm³/mol. The highest BCUT2D eigenvalue weighted by atomic mass is 32.2. The Morgan fingerprint density at radius 2 is 1.95 bits per heavy atom. The second-order valence-corrected chi connectivity index (χ2v) is 7.69. The Balaban J connectivity index is 2.45. The quantitative estimate of drug-likeness (QED) is 0.857. The molecule has 0 radical (unpaired) electrons. The molecule has 1 aromatic carbocycles. The monoisotopic (exact) mass is 291 g/mol. The first kappa shape index (κ1) is 14.7. The maximum Gasteiger partial charge on any atom is 0.197 e. The minimum atomic E-state index is -3.79. The lowest BCUT2D eigenvalue weighted by Crippen LogP contribution is -2.43. The van der Waals surface area contributed by atoms with Crippen LogP contribution in [0.4, 0.5) is 0 Å². The Kier molecular flexibility index (Phi) is 3.96. The molecule has 0 saturated heterocycles. The first-order valence-corrected chi connectivity index (χ1v) is 8.13. The van der Waals surface area contributed by atoms with Gasteiger partial charge in [0, 0.05) is 12.8 Å². The van der Waals surface area contributed by atoms with Gasteiger partial charge in [-0.3, -0.25) is 4.79 Å². The summed E-state index contributed by atoms with van der Waals surface area (Å²) in [6, 6.07) is 9.96. The molecule has 2 atom stereocenters. The number of hydrogen-bond acceptors (Lipinski definition) is 4. The van der Waals surface area contributed by atoms with Gasteiger partial charge >= 0.3 is 0 Å². The molecule has 1 saturated carbocycles. The van der Waals surface area contributed by atoms with Crippen molar-refractivity contribution in [2.45, 2.75) is 42.2 Å². The molecule has 0 unspecified atom stereocenters. The van der Waals surface area contributed by atoms with E-state index < -0.39 is 20.5 Å². The zero-order valence-electron chi connectivity index (χ0n) is 11.4. The Hall–Kier alpha value is -1.67. The highest BCUT2D eigenvalue weighted by Gasteiger charge is 2.48. The molecule has 1 aliphatic rings. The Labute approximate surface area is 119 Å². The molecule has 20 heavy (non-hydrogen) atoms. The Morgan fingerprint density at radius 3 is 2.50 bits per heavy atom. The van der Waals surface area contributed by atoms with E-state index in [2.05, 4.69) is 0 Å². The number of Topliss-reactive ketones (excluding diaryl/α,β-unsaturated/α-hetero) is 1. The molecule has 0 N–H and O–H groups in total. The molecule has 0 heterocycles. The molecular weight excluding hydrogens is 274 g/mol. The van der Waals surface area contributed by atoms with Crippen molar-refractivity contribution < 1.29 is 13.2 Å². The van der Waals surface area contributed by atoms with Gasteiger partial charge in [0.2, 0.25) is 0 Å². The number of ketones is 1. The third kappa shape index (κ3) is 2.36. The van der Waals surface area contributed by atoms with Gasteiger partial charge in [-0.1, -0.05) is 18.2 Å². The van der Waals surface area contributed by atoms with Crippen LogP contribution in [0.1, 0.15) is 32.6 Å². The molecule has 2 rings (SSSR count). The van der Waals surface area contributed by atoms with Crippen LogP contribution in [0.2, 0.25) is 0 Å². The van der Waals surface area contributed by atoms with Crippen LogP contribution in [0.25, 0.3) is 0 Å². The van der Waals surface area contributed by atoms with E-state index >= 15 is 0 Å². The number of carbonyl (C=O) groups is 1. The van der Waals surface area contributed by atoms with Crippen molar-refractivity contribution in [1.82, 2.24) is 0 Å². The van der Waals surface area contributed by atoms with Gasteiger partial charge in [0.15, 0.2) is 14.6 Å². The van der Waals surface area contributed by atoms with Crippen LogP contribution in [0.15, 0.2) is 35.2 Å². The lowest BCUT2D eigenvalue weighted by molar-refractivity contribution is -0.121. The maximum atomic E-state index is 12.8. The third-order valence-electron chi connectivity index (χ3n) is 4.10. The molecule has 0 spiro atoms. The van der Waals surface area contributed by atoms with Crippen LogP contribution in [0.5, 0.6) is 0 Å². The van der Waals surface area contributed by atoms with E-state index in [0.29, 0.717) is 19.3 Å². The second-order valence-electron chi connectivity index (χ2n) is 5.37. The van der Waals surface area contributed by atoms with E-state index in [-0.39, 0.29) is 17.1 Å². The van der Waals surface area contributed by atoms with Crippen LogP contribution in [-0.4, -0.2) is 18.9 Å². The minimum absolute atomic E-state index is 0.0472. The number of hydrogen-bond donors (Lipinski definition) is 0. The van der Waals surface area contributed by atoms with Crippen LogP contribution >= 0.6 is 0 Å². The highest BCUT2D eigenvalue weighted by molar-refractivity contribution is 7.93. The van der Waals surface area contributed by atoms with Crippen molar-refractivity contribution in [2.24, 2.45) is 5.92 Å². The molecule has 0 amide bonds. The van der Waals surface area contributed by atoms with Gasteiger partial charge in [-0.25, -0.2) is 8.42 Å². The van der Waals surface area contributed by atoms with Gasteiger partial charge in [-0.2, -0.15) is 5.26 Å². The summed E-state index contributed by atoms with van der Waals surface area (Å²) >= 11 is 0. The fraction of sp³-hybridized carbons (Fsp3) is 0.467. The topological polar surface area (TPSA) is 75.0 Å². The van der Waals surface area contributed by atoms with Crippen molar-refractivity contribution in [2.75, 3.05) is 0 Å². The van der Waals surface area contributed by atoms with E-state index in [4.69, 9.17) is 0 Å². The minimum Gasteiger partial charge on any atom is -0.300 e. The third-order valence-corrected chi connectivity index (χ3v) is 6.53. The molecular formula is C15H17NO3S. The molecule has 0 bridgehead atoms. The van der Waals surface area contributed by atoms with Crippen LogP contribution in [0.3, 0.4) is 0 Å². The van der Waals surface area contributed by atoms with Gasteiger partial charge < -0.3 is 0 Å². The van der Waals surface area contributed by atoms with Crippen LogP contribution in [-0.2, 0) is 14.6 Å². The van der Waals surface area contributed by atoms with Gasteiger partial charge in [-0.15, -0.1) is 0 Å². The Bertz CT molecular complexity index is 645. The van der Waals surface area contributed by atoms with E-state index in [1.165, 1.54) is 19.1 Å². The summed E-state index contributed by atoms with van der Waals surface area (Å²) in [6.45, 7) is 1.44. The van der Waals surface area contributed by atoms with Gasteiger partial charge in [0.1, 0.15) is 5.78 Å². The van der Waals surface area contributed by atoms with Gasteiger partial charge in [0.25, 0.3) is 0 Å². The molecule has 0 aromatic heterocycles. The van der Waals surface area contributed by atoms with Gasteiger partial charge in [-0.05, 0) is 37.8 Å². The Morgan fingerprint density at radius 1 is 1.30 bits per heavy atom. The lowest BCUT2D eigenvalue weighted by atomic mass is 9.80. The molecule has 1 aromatic rings. The van der Waals surface area contributed by atoms with Crippen molar-refractivity contribution >= 4 is 15.6 Å². The number of sulfone groups is 1. The summed E-state index contributed by atoms with van der Waals surface area (Å²) < 4.78 is 24.0. The van der Waals surface area contributed by atoms with E-state index in [0.717, 1.165) is 0 Å². The molecule has 1 aliphatic carbocycles. The summed E-state index contributed by atoms with van der Waals surface area (Å²) in [5.74, 6) is -0.384.